The summed E-state index contributed by atoms with van der Waals surface area (Å²) in [5, 5.41) is 0. The second kappa shape index (κ2) is 16.6. The van der Waals surface area contributed by atoms with Gasteiger partial charge in [-0.3, -0.25) is 0 Å². The summed E-state index contributed by atoms with van der Waals surface area (Å²) in [6.45, 7) is 17.3. The maximum Gasteiger partial charge on any atom is 0.187 e. The zero-order valence-electron chi connectivity index (χ0n) is 28.5. The largest absolute Gasteiger partial charge is 0.361 e. The van der Waals surface area contributed by atoms with Gasteiger partial charge in [0.1, 0.15) is 22.8 Å². The minimum absolute atomic E-state index is 0. The molecule has 4 aromatic rings. The minimum atomic E-state index is -0.556. The Morgan fingerprint density at radius 3 is 1.31 bits per heavy atom. The van der Waals surface area contributed by atoms with Gasteiger partial charge >= 0.3 is 0 Å². The summed E-state index contributed by atoms with van der Waals surface area (Å²) < 4.78 is 39.3. The predicted molar refractivity (Wildman–Crippen MR) is 195 cm³/mol. The molecule has 0 N–H and O–H groups in total. The summed E-state index contributed by atoms with van der Waals surface area (Å²) in [5.41, 5.74) is 6.38. The molecule has 0 fully saturated rings. The van der Waals surface area contributed by atoms with Crippen LogP contribution in [0.15, 0.2) is 84.9 Å². The van der Waals surface area contributed by atoms with Gasteiger partial charge in [0, 0.05) is 0 Å². The molecule has 0 saturated heterocycles. The zero-order chi connectivity index (χ0) is 34.3. The molecule has 6 nitrogen and oxygen atoms in total. The van der Waals surface area contributed by atoms with Gasteiger partial charge < -0.3 is 19.3 Å². The predicted octanol–water partition coefficient (Wildman–Crippen LogP) is 9.56. The van der Waals surface area contributed by atoms with Crippen LogP contribution in [0.25, 0.3) is 9.69 Å². The van der Waals surface area contributed by atoms with Gasteiger partial charge in [0.25, 0.3) is 0 Å². The summed E-state index contributed by atoms with van der Waals surface area (Å²) in [5.74, 6) is -0.493. The zero-order valence-corrected chi connectivity index (χ0v) is 30.2. The molecule has 0 radical (unpaired) electrons. The van der Waals surface area contributed by atoms with Crippen molar-refractivity contribution in [3.05, 3.63) is 153 Å². The summed E-state index contributed by atoms with van der Waals surface area (Å²) >= 11 is 0. The van der Waals surface area contributed by atoms with Crippen molar-refractivity contribution >= 4 is 28.4 Å². The van der Waals surface area contributed by atoms with Crippen LogP contribution in [0.1, 0.15) is 59.1 Å². The van der Waals surface area contributed by atoms with Gasteiger partial charge in [0.15, 0.2) is 11.4 Å². The van der Waals surface area contributed by atoms with Crippen LogP contribution in [0.4, 0.5) is 20.2 Å². The lowest BCUT2D eigenvalue weighted by Crippen LogP contribution is -2.28. The number of hydrogen-bond donors (Lipinski definition) is 0. The molecule has 9 heteroatoms. The number of benzene rings is 4. The van der Waals surface area contributed by atoms with E-state index in [9.17, 15) is 8.78 Å². The third kappa shape index (κ3) is 8.44. The summed E-state index contributed by atoms with van der Waals surface area (Å²) in [7, 11) is 8.21. The third-order valence-corrected chi connectivity index (χ3v) is 9.14. The van der Waals surface area contributed by atoms with Crippen LogP contribution in [-0.2, 0) is 33.9 Å². The molecule has 2 heterocycles. The van der Waals surface area contributed by atoms with E-state index in [0.717, 1.165) is 72.2 Å². The Kier molecular flexibility index (Phi) is 12.8. The van der Waals surface area contributed by atoms with Crippen molar-refractivity contribution in [2.75, 3.05) is 41.3 Å². The SMILES string of the molecule is Br.[C-]#[N+]c1ccc2c(c1)COC2(CCCN(C)C)c1ccc(F)cc1.[C-]#[N+]c1ccc2c(c1)COC2(CCCN(C)C)c1ccc(F)cc1. The highest BCUT2D eigenvalue weighted by molar-refractivity contribution is 8.93. The molecule has 2 aliphatic rings. The third-order valence-electron chi connectivity index (χ3n) is 9.14. The Hall–Kier alpha value is -3.96. The van der Waals surface area contributed by atoms with E-state index >= 15 is 0 Å². The van der Waals surface area contributed by atoms with Crippen molar-refractivity contribution in [3.8, 4) is 0 Å². The fourth-order valence-corrected chi connectivity index (χ4v) is 6.79. The van der Waals surface area contributed by atoms with E-state index in [4.69, 9.17) is 22.6 Å². The first-order chi connectivity index (χ1) is 23.1. The number of fused-ring (bicyclic) bond motifs is 2. The monoisotopic (exact) mass is 728 g/mol. The second-order valence-electron chi connectivity index (χ2n) is 13.0. The molecule has 2 aliphatic heterocycles. The Morgan fingerprint density at radius 2 is 0.980 bits per heavy atom. The number of ether oxygens (including phenoxy) is 2. The standard InChI is InChI=1S/2C20H21FN2O.BrH/c2*1-22-18-9-10-19-15(13-18)14-24-20(19,11-4-12-23(2)3)16-5-7-17(21)8-6-16;/h2*5-10,13H,4,11-12,14H2,2-3H3;1H. The normalized spacial score (nSPS) is 18.9. The van der Waals surface area contributed by atoms with Gasteiger partial charge in [-0.2, -0.15) is 0 Å². The topological polar surface area (TPSA) is 33.7 Å². The molecule has 0 spiro atoms. The molecule has 0 aliphatic carbocycles. The highest BCUT2D eigenvalue weighted by Crippen LogP contribution is 2.47. The molecule has 6 rings (SSSR count). The molecule has 4 aromatic carbocycles. The average molecular weight is 730 g/mol. The molecule has 2 atom stereocenters. The van der Waals surface area contributed by atoms with Crippen LogP contribution in [0.2, 0.25) is 0 Å². The first-order valence-electron chi connectivity index (χ1n) is 16.2. The molecule has 2 unspecified atom stereocenters. The fourth-order valence-electron chi connectivity index (χ4n) is 6.79. The van der Waals surface area contributed by atoms with Gasteiger partial charge in [-0.25, -0.2) is 18.5 Å². The molecule has 0 bridgehead atoms. The van der Waals surface area contributed by atoms with E-state index in [-0.39, 0.29) is 28.6 Å². The lowest BCUT2D eigenvalue weighted by molar-refractivity contribution is -0.0141. The van der Waals surface area contributed by atoms with Crippen LogP contribution < -0.4 is 0 Å². The first kappa shape index (κ1) is 37.9. The molecule has 49 heavy (non-hydrogen) atoms. The van der Waals surface area contributed by atoms with Crippen molar-refractivity contribution in [1.82, 2.24) is 9.80 Å². The van der Waals surface area contributed by atoms with Crippen molar-refractivity contribution in [2.45, 2.75) is 50.1 Å². The van der Waals surface area contributed by atoms with Crippen molar-refractivity contribution in [2.24, 2.45) is 0 Å². The van der Waals surface area contributed by atoms with Gasteiger partial charge in [-0.05, 0) is 125 Å². The van der Waals surface area contributed by atoms with Crippen LogP contribution in [0.5, 0.6) is 0 Å². The summed E-state index contributed by atoms with van der Waals surface area (Å²) in [6, 6.07) is 24.6. The maximum absolute atomic E-state index is 13.4. The molecular weight excluding hydrogens is 686 g/mol. The van der Waals surface area contributed by atoms with E-state index in [1.165, 1.54) is 24.3 Å². The molecule has 0 aromatic heterocycles. The quantitative estimate of drug-likeness (QED) is 0.152. The van der Waals surface area contributed by atoms with Crippen molar-refractivity contribution in [1.29, 1.82) is 0 Å². The van der Waals surface area contributed by atoms with E-state index < -0.39 is 11.2 Å². The second-order valence-corrected chi connectivity index (χ2v) is 13.0. The van der Waals surface area contributed by atoms with E-state index in [0.29, 0.717) is 24.6 Å². The lowest BCUT2D eigenvalue weighted by atomic mass is 9.82. The van der Waals surface area contributed by atoms with Crippen LogP contribution in [0.3, 0.4) is 0 Å². The number of halogens is 3. The Balaban J connectivity index is 0.000000216. The molecule has 0 amide bonds. The Morgan fingerprint density at radius 1 is 0.612 bits per heavy atom. The molecule has 0 saturated carbocycles. The number of rotatable bonds is 10. The van der Waals surface area contributed by atoms with E-state index in [1.807, 2.05) is 60.7 Å². The average Bonchev–Trinajstić information content (AvgIpc) is 3.64. The van der Waals surface area contributed by atoms with E-state index in [2.05, 4.69) is 47.7 Å². The van der Waals surface area contributed by atoms with Crippen LogP contribution >= 0.6 is 17.0 Å². The van der Waals surface area contributed by atoms with E-state index in [1.54, 1.807) is 0 Å². The maximum atomic E-state index is 13.4. The molecular formula is C40H43BrF2N4O2. The summed E-state index contributed by atoms with van der Waals surface area (Å²) in [6.07, 6.45) is 3.57. The van der Waals surface area contributed by atoms with Crippen LogP contribution in [0, 0.1) is 24.8 Å². The highest BCUT2D eigenvalue weighted by Gasteiger charge is 2.42. The van der Waals surface area contributed by atoms with Crippen molar-refractivity contribution in [3.63, 3.8) is 0 Å². The summed E-state index contributed by atoms with van der Waals surface area (Å²) in [4.78, 5) is 11.3. The molecule has 256 valence electrons. The lowest BCUT2D eigenvalue weighted by Gasteiger charge is -2.31. The van der Waals surface area contributed by atoms with Crippen LogP contribution in [-0.4, -0.2) is 51.1 Å². The minimum Gasteiger partial charge on any atom is -0.361 e. The smallest absolute Gasteiger partial charge is 0.187 e. The van der Waals surface area contributed by atoms with Gasteiger partial charge in [0.05, 0.1) is 26.4 Å². The number of nitrogens with zero attached hydrogens (tertiary/aromatic N) is 4. The number of hydrogen-bond acceptors (Lipinski definition) is 4. The Labute approximate surface area is 299 Å². The highest BCUT2D eigenvalue weighted by atomic mass is 79.9. The van der Waals surface area contributed by atoms with Gasteiger partial charge in [0.2, 0.25) is 0 Å². The first-order valence-corrected chi connectivity index (χ1v) is 16.2. The fraction of sp³-hybridized carbons (Fsp3) is 0.350. The van der Waals surface area contributed by atoms with Gasteiger partial charge in [-0.15, -0.1) is 17.0 Å². The van der Waals surface area contributed by atoms with Crippen molar-refractivity contribution < 1.29 is 18.3 Å². The van der Waals surface area contributed by atoms with Gasteiger partial charge in [-0.1, -0.05) is 60.7 Å². The Bertz CT molecular complexity index is 1670.